The number of ether oxygens (including phenoxy) is 1. The lowest BCUT2D eigenvalue weighted by atomic mass is 9.93. The molecule has 1 saturated heterocycles. The van der Waals surface area contributed by atoms with Crippen molar-refractivity contribution in [3.63, 3.8) is 0 Å². The van der Waals surface area contributed by atoms with E-state index in [1.54, 1.807) is 0 Å². The first-order valence-electron chi connectivity index (χ1n) is 7.23. The molecule has 2 aromatic carbocycles. The predicted molar refractivity (Wildman–Crippen MR) is 81.7 cm³/mol. The molecule has 2 heteroatoms. The van der Waals surface area contributed by atoms with Crippen molar-refractivity contribution in [2.75, 3.05) is 13.2 Å². The van der Waals surface area contributed by atoms with E-state index in [9.17, 15) is 0 Å². The maximum absolute atomic E-state index is 6.17. The third kappa shape index (κ3) is 2.92. The molecule has 1 aliphatic heterocycles. The zero-order valence-corrected chi connectivity index (χ0v) is 11.9. The van der Waals surface area contributed by atoms with E-state index in [1.165, 1.54) is 11.1 Å². The van der Waals surface area contributed by atoms with Gasteiger partial charge in [-0.1, -0.05) is 60.7 Å². The van der Waals surface area contributed by atoms with Crippen LogP contribution in [0.4, 0.5) is 0 Å². The Morgan fingerprint density at radius 3 is 2.30 bits per heavy atom. The van der Waals surface area contributed by atoms with Crippen LogP contribution in [0.3, 0.4) is 0 Å². The average molecular weight is 267 g/mol. The Bertz CT molecular complexity index is 530. The van der Waals surface area contributed by atoms with Crippen molar-refractivity contribution in [1.29, 1.82) is 0 Å². The van der Waals surface area contributed by atoms with E-state index >= 15 is 0 Å². The van der Waals surface area contributed by atoms with Gasteiger partial charge in [-0.2, -0.15) is 0 Å². The summed E-state index contributed by atoms with van der Waals surface area (Å²) in [4.78, 5) is 0. The summed E-state index contributed by atoms with van der Waals surface area (Å²) in [6.45, 7) is 3.77. The summed E-state index contributed by atoms with van der Waals surface area (Å²) in [5.41, 5.74) is 2.39. The Balaban J connectivity index is 1.62. The van der Waals surface area contributed by atoms with E-state index in [0.717, 1.165) is 19.6 Å². The lowest BCUT2D eigenvalue weighted by Crippen LogP contribution is -2.52. The molecule has 0 saturated carbocycles. The van der Waals surface area contributed by atoms with E-state index in [1.807, 2.05) is 6.07 Å². The van der Waals surface area contributed by atoms with Gasteiger partial charge in [0, 0.05) is 12.6 Å². The molecule has 2 unspecified atom stereocenters. The lowest BCUT2D eigenvalue weighted by Gasteiger charge is -2.39. The fourth-order valence-corrected chi connectivity index (χ4v) is 2.74. The molecule has 0 bridgehead atoms. The topological polar surface area (TPSA) is 21.3 Å². The van der Waals surface area contributed by atoms with E-state index in [2.05, 4.69) is 66.8 Å². The van der Waals surface area contributed by atoms with Crippen molar-refractivity contribution < 1.29 is 4.74 Å². The second-order valence-corrected chi connectivity index (χ2v) is 5.68. The smallest absolute Gasteiger partial charge is 0.103 e. The van der Waals surface area contributed by atoms with Gasteiger partial charge in [-0.15, -0.1) is 0 Å². The standard InChI is InChI=1S/C18H21NO/c1-18(16-10-6-3-7-11-16)14-19-17(13-20-18)12-15-8-4-2-5-9-15/h2-11,17,19H,12-14H2,1H3. The van der Waals surface area contributed by atoms with Crippen LogP contribution in [0.15, 0.2) is 60.7 Å². The van der Waals surface area contributed by atoms with Crippen molar-refractivity contribution in [1.82, 2.24) is 5.32 Å². The molecule has 3 rings (SSSR count). The summed E-state index contributed by atoms with van der Waals surface area (Å²) in [6, 6.07) is 21.4. The normalized spacial score (nSPS) is 26.4. The predicted octanol–water partition coefficient (Wildman–Crippen LogP) is 3.13. The molecule has 2 aromatic rings. The van der Waals surface area contributed by atoms with Gasteiger partial charge >= 0.3 is 0 Å². The molecule has 1 aliphatic rings. The highest BCUT2D eigenvalue weighted by molar-refractivity contribution is 5.23. The fraction of sp³-hybridized carbons (Fsp3) is 0.333. The highest BCUT2D eigenvalue weighted by Crippen LogP contribution is 2.27. The number of hydrogen-bond donors (Lipinski definition) is 1. The van der Waals surface area contributed by atoms with Crippen molar-refractivity contribution in [2.45, 2.75) is 25.0 Å². The molecule has 1 fully saturated rings. The summed E-state index contributed by atoms with van der Waals surface area (Å²) in [5.74, 6) is 0. The summed E-state index contributed by atoms with van der Waals surface area (Å²) < 4.78 is 6.17. The molecule has 0 spiro atoms. The average Bonchev–Trinajstić information content (AvgIpc) is 2.52. The summed E-state index contributed by atoms with van der Waals surface area (Å²) in [5, 5.41) is 3.63. The van der Waals surface area contributed by atoms with Crippen LogP contribution in [-0.2, 0) is 16.8 Å². The van der Waals surface area contributed by atoms with Gasteiger partial charge in [0.2, 0.25) is 0 Å². The van der Waals surface area contributed by atoms with Crippen LogP contribution in [0.25, 0.3) is 0 Å². The van der Waals surface area contributed by atoms with E-state index in [0.29, 0.717) is 6.04 Å². The van der Waals surface area contributed by atoms with Crippen molar-refractivity contribution >= 4 is 0 Å². The maximum Gasteiger partial charge on any atom is 0.103 e. The monoisotopic (exact) mass is 267 g/mol. The van der Waals surface area contributed by atoms with Crippen molar-refractivity contribution in [2.24, 2.45) is 0 Å². The van der Waals surface area contributed by atoms with Crippen LogP contribution in [0.2, 0.25) is 0 Å². The SMILES string of the molecule is CC1(c2ccccc2)CNC(Cc2ccccc2)CO1. The van der Waals surface area contributed by atoms with Crippen molar-refractivity contribution in [3.05, 3.63) is 71.8 Å². The number of benzene rings is 2. The molecule has 0 radical (unpaired) electrons. The van der Waals surface area contributed by atoms with Gasteiger partial charge in [0.1, 0.15) is 5.60 Å². The Morgan fingerprint density at radius 1 is 1.05 bits per heavy atom. The van der Waals surface area contributed by atoms with Gasteiger partial charge in [0.15, 0.2) is 0 Å². The molecule has 104 valence electrons. The number of morpholine rings is 1. The quantitative estimate of drug-likeness (QED) is 0.922. The maximum atomic E-state index is 6.17. The number of hydrogen-bond acceptors (Lipinski definition) is 2. The highest BCUT2D eigenvalue weighted by atomic mass is 16.5. The third-order valence-electron chi connectivity index (χ3n) is 4.04. The molecule has 0 aliphatic carbocycles. The molecular weight excluding hydrogens is 246 g/mol. The fourth-order valence-electron chi connectivity index (χ4n) is 2.74. The van der Waals surface area contributed by atoms with E-state index in [4.69, 9.17) is 4.74 Å². The second-order valence-electron chi connectivity index (χ2n) is 5.68. The minimum absolute atomic E-state index is 0.214. The van der Waals surface area contributed by atoms with E-state index < -0.39 is 0 Å². The van der Waals surface area contributed by atoms with Gasteiger partial charge in [-0.3, -0.25) is 0 Å². The van der Waals surface area contributed by atoms with Crippen molar-refractivity contribution in [3.8, 4) is 0 Å². The van der Waals surface area contributed by atoms with Crippen LogP contribution >= 0.6 is 0 Å². The largest absolute Gasteiger partial charge is 0.368 e. The van der Waals surface area contributed by atoms with Crippen LogP contribution in [0, 0.1) is 0 Å². The third-order valence-corrected chi connectivity index (χ3v) is 4.04. The Hall–Kier alpha value is -1.64. The molecular formula is C18H21NO. The van der Waals surface area contributed by atoms with Gasteiger partial charge in [0.05, 0.1) is 6.61 Å². The van der Waals surface area contributed by atoms with Crippen LogP contribution < -0.4 is 5.32 Å². The first-order valence-corrected chi connectivity index (χ1v) is 7.23. The van der Waals surface area contributed by atoms with Crippen LogP contribution in [-0.4, -0.2) is 19.2 Å². The van der Waals surface area contributed by atoms with Crippen LogP contribution in [0.5, 0.6) is 0 Å². The minimum Gasteiger partial charge on any atom is -0.368 e. The molecule has 0 aromatic heterocycles. The molecule has 2 atom stereocenters. The second kappa shape index (κ2) is 5.78. The first-order chi connectivity index (χ1) is 9.76. The zero-order chi connectivity index (χ0) is 13.8. The van der Waals surface area contributed by atoms with Gasteiger partial charge in [-0.05, 0) is 24.5 Å². The summed E-state index contributed by atoms with van der Waals surface area (Å²) in [6.07, 6.45) is 1.02. The van der Waals surface area contributed by atoms with E-state index in [-0.39, 0.29) is 5.60 Å². The van der Waals surface area contributed by atoms with Gasteiger partial charge in [-0.25, -0.2) is 0 Å². The molecule has 2 nitrogen and oxygen atoms in total. The molecule has 1 heterocycles. The van der Waals surface area contributed by atoms with Gasteiger partial charge < -0.3 is 10.1 Å². The number of nitrogens with one attached hydrogen (secondary N) is 1. The Labute approximate surface area is 120 Å². The molecule has 1 N–H and O–H groups in total. The lowest BCUT2D eigenvalue weighted by molar-refractivity contribution is -0.0755. The highest BCUT2D eigenvalue weighted by Gasteiger charge is 2.33. The first kappa shape index (κ1) is 13.3. The van der Waals surface area contributed by atoms with Gasteiger partial charge in [0.25, 0.3) is 0 Å². The Morgan fingerprint density at radius 2 is 1.70 bits per heavy atom. The summed E-state index contributed by atoms with van der Waals surface area (Å²) >= 11 is 0. The minimum atomic E-state index is -0.214. The van der Waals surface area contributed by atoms with Crippen LogP contribution in [0.1, 0.15) is 18.1 Å². The molecule has 0 amide bonds. The zero-order valence-electron chi connectivity index (χ0n) is 11.9. The Kier molecular flexibility index (Phi) is 3.86. The number of rotatable bonds is 3. The molecule has 20 heavy (non-hydrogen) atoms. The summed E-state index contributed by atoms with van der Waals surface area (Å²) in [7, 11) is 0.